The molecule has 0 unspecified atom stereocenters. The van der Waals surface area contributed by atoms with E-state index in [9.17, 15) is 4.79 Å². The third kappa shape index (κ3) is 2.39. The molecule has 0 radical (unpaired) electrons. The molecular weight excluding hydrogens is 308 g/mol. The first-order chi connectivity index (χ1) is 9.11. The number of carbonyl (C=O) groups excluding carboxylic acids is 1. The SMILES string of the molecule is Cc1nc2ccc(NC(=O)c3cc(Br)c[nH]3)cc2[nH]1. The minimum Gasteiger partial charge on any atom is -0.356 e. The van der Waals surface area contributed by atoms with E-state index in [0.29, 0.717) is 5.69 Å². The molecule has 0 saturated heterocycles. The molecule has 0 atom stereocenters. The van der Waals surface area contributed by atoms with Crippen LogP contribution in [-0.4, -0.2) is 20.9 Å². The Labute approximate surface area is 117 Å². The highest BCUT2D eigenvalue weighted by molar-refractivity contribution is 9.10. The lowest BCUT2D eigenvalue weighted by atomic mass is 10.2. The lowest BCUT2D eigenvalue weighted by molar-refractivity contribution is 0.102. The quantitative estimate of drug-likeness (QED) is 0.678. The molecule has 0 spiro atoms. The van der Waals surface area contributed by atoms with Crippen molar-refractivity contribution in [2.75, 3.05) is 5.32 Å². The van der Waals surface area contributed by atoms with Crippen molar-refractivity contribution >= 4 is 38.6 Å². The molecule has 19 heavy (non-hydrogen) atoms. The molecule has 0 aliphatic heterocycles. The van der Waals surface area contributed by atoms with E-state index in [1.165, 1.54) is 0 Å². The standard InChI is InChI=1S/C13H11BrN4O/c1-7-16-10-3-2-9(5-11(10)17-7)18-13(19)12-4-8(14)6-15-12/h2-6,15H,1H3,(H,16,17)(H,18,19). The Kier molecular flexibility index (Phi) is 2.87. The molecule has 3 N–H and O–H groups in total. The molecule has 1 amide bonds. The van der Waals surface area contributed by atoms with Crippen LogP contribution in [0.2, 0.25) is 0 Å². The highest BCUT2D eigenvalue weighted by Crippen LogP contribution is 2.18. The first-order valence-electron chi connectivity index (χ1n) is 5.73. The van der Waals surface area contributed by atoms with Gasteiger partial charge in [-0.1, -0.05) is 0 Å². The Morgan fingerprint density at radius 3 is 2.95 bits per heavy atom. The van der Waals surface area contributed by atoms with Crippen molar-refractivity contribution in [1.82, 2.24) is 15.0 Å². The van der Waals surface area contributed by atoms with Crippen LogP contribution in [0.3, 0.4) is 0 Å². The first-order valence-corrected chi connectivity index (χ1v) is 6.53. The summed E-state index contributed by atoms with van der Waals surface area (Å²) in [6, 6.07) is 7.30. The lowest BCUT2D eigenvalue weighted by Gasteiger charge is -2.03. The summed E-state index contributed by atoms with van der Waals surface area (Å²) >= 11 is 3.30. The fourth-order valence-electron chi connectivity index (χ4n) is 1.91. The van der Waals surface area contributed by atoms with Crippen molar-refractivity contribution in [3.8, 4) is 0 Å². The number of imidazole rings is 1. The van der Waals surface area contributed by atoms with Gasteiger partial charge in [0.15, 0.2) is 0 Å². The predicted octanol–water partition coefficient (Wildman–Crippen LogP) is 3.21. The van der Waals surface area contributed by atoms with Gasteiger partial charge in [0.25, 0.3) is 5.91 Å². The minimum absolute atomic E-state index is 0.179. The van der Waals surface area contributed by atoms with Gasteiger partial charge in [-0.2, -0.15) is 0 Å². The van der Waals surface area contributed by atoms with E-state index in [2.05, 4.69) is 36.2 Å². The highest BCUT2D eigenvalue weighted by Gasteiger charge is 2.09. The number of nitrogens with zero attached hydrogens (tertiary/aromatic N) is 1. The molecule has 1 aromatic carbocycles. The summed E-state index contributed by atoms with van der Waals surface area (Å²) in [6.45, 7) is 1.90. The molecule has 0 aliphatic rings. The van der Waals surface area contributed by atoms with Crippen LogP contribution in [0, 0.1) is 6.92 Å². The third-order valence-electron chi connectivity index (χ3n) is 2.75. The number of amides is 1. The zero-order valence-electron chi connectivity index (χ0n) is 10.1. The van der Waals surface area contributed by atoms with Gasteiger partial charge in [0.05, 0.1) is 11.0 Å². The second-order valence-electron chi connectivity index (χ2n) is 4.24. The Hall–Kier alpha value is -2.08. The molecule has 2 aromatic heterocycles. The van der Waals surface area contributed by atoms with Crippen molar-refractivity contribution in [2.45, 2.75) is 6.92 Å². The molecule has 0 fully saturated rings. The molecule has 6 heteroatoms. The van der Waals surface area contributed by atoms with Crippen molar-refractivity contribution in [2.24, 2.45) is 0 Å². The zero-order valence-corrected chi connectivity index (χ0v) is 11.7. The number of hydrogen-bond acceptors (Lipinski definition) is 2. The maximum Gasteiger partial charge on any atom is 0.272 e. The van der Waals surface area contributed by atoms with E-state index in [0.717, 1.165) is 27.0 Å². The van der Waals surface area contributed by atoms with E-state index < -0.39 is 0 Å². The molecule has 5 nitrogen and oxygen atoms in total. The number of fused-ring (bicyclic) bond motifs is 1. The number of hydrogen-bond donors (Lipinski definition) is 3. The van der Waals surface area contributed by atoms with Crippen LogP contribution in [-0.2, 0) is 0 Å². The molecule has 3 aromatic rings. The van der Waals surface area contributed by atoms with Gasteiger partial charge >= 0.3 is 0 Å². The van der Waals surface area contributed by atoms with Crippen LogP contribution in [0.15, 0.2) is 34.9 Å². The van der Waals surface area contributed by atoms with E-state index in [4.69, 9.17) is 0 Å². The summed E-state index contributed by atoms with van der Waals surface area (Å²) in [5.41, 5.74) is 3.03. The summed E-state index contributed by atoms with van der Waals surface area (Å²) in [5.74, 6) is 0.674. The molecule has 96 valence electrons. The smallest absolute Gasteiger partial charge is 0.272 e. The van der Waals surface area contributed by atoms with Gasteiger partial charge in [-0.05, 0) is 47.1 Å². The van der Waals surface area contributed by atoms with Gasteiger partial charge in [0, 0.05) is 16.4 Å². The topological polar surface area (TPSA) is 73.6 Å². The molecular formula is C13H11BrN4O. The number of rotatable bonds is 2. The molecule has 0 saturated carbocycles. The second kappa shape index (κ2) is 4.55. The van der Waals surface area contributed by atoms with Crippen LogP contribution in [0.5, 0.6) is 0 Å². The maximum absolute atomic E-state index is 12.0. The Bertz CT molecular complexity index is 759. The van der Waals surface area contributed by atoms with Gasteiger partial charge in [0.1, 0.15) is 11.5 Å². The van der Waals surface area contributed by atoms with Crippen LogP contribution in [0.25, 0.3) is 11.0 Å². The number of aromatic amines is 2. The van der Waals surface area contributed by atoms with Crippen molar-refractivity contribution in [3.63, 3.8) is 0 Å². The number of H-pyrrole nitrogens is 2. The fourth-order valence-corrected chi connectivity index (χ4v) is 2.26. The summed E-state index contributed by atoms with van der Waals surface area (Å²) in [5, 5.41) is 2.83. The molecule has 0 bridgehead atoms. The Morgan fingerprint density at radius 1 is 1.37 bits per heavy atom. The number of benzene rings is 1. The average molecular weight is 319 g/mol. The highest BCUT2D eigenvalue weighted by atomic mass is 79.9. The number of aryl methyl sites for hydroxylation is 1. The van der Waals surface area contributed by atoms with Crippen LogP contribution in [0.4, 0.5) is 5.69 Å². The Morgan fingerprint density at radius 2 is 2.21 bits per heavy atom. The van der Waals surface area contributed by atoms with Crippen molar-refractivity contribution in [1.29, 1.82) is 0 Å². The number of carbonyl (C=O) groups is 1. The molecule has 0 aliphatic carbocycles. The summed E-state index contributed by atoms with van der Waals surface area (Å²) in [4.78, 5) is 22.3. The number of aromatic nitrogens is 3. The molecule has 3 rings (SSSR count). The number of halogens is 1. The van der Waals surface area contributed by atoms with Crippen LogP contribution < -0.4 is 5.32 Å². The maximum atomic E-state index is 12.0. The fraction of sp³-hybridized carbons (Fsp3) is 0.0769. The van der Waals surface area contributed by atoms with Gasteiger partial charge in [-0.3, -0.25) is 4.79 Å². The summed E-state index contributed by atoms with van der Waals surface area (Å²) < 4.78 is 0.845. The summed E-state index contributed by atoms with van der Waals surface area (Å²) in [6.07, 6.45) is 1.72. The van der Waals surface area contributed by atoms with Crippen LogP contribution >= 0.6 is 15.9 Å². The van der Waals surface area contributed by atoms with E-state index in [1.807, 2.05) is 25.1 Å². The molecule has 2 heterocycles. The monoisotopic (exact) mass is 318 g/mol. The van der Waals surface area contributed by atoms with Crippen molar-refractivity contribution < 1.29 is 4.79 Å². The average Bonchev–Trinajstić information content (AvgIpc) is 2.93. The Balaban J connectivity index is 1.86. The van der Waals surface area contributed by atoms with E-state index in [-0.39, 0.29) is 5.91 Å². The van der Waals surface area contributed by atoms with Gasteiger partial charge in [-0.15, -0.1) is 0 Å². The number of anilines is 1. The van der Waals surface area contributed by atoms with Crippen LogP contribution in [0.1, 0.15) is 16.3 Å². The van der Waals surface area contributed by atoms with E-state index in [1.54, 1.807) is 12.3 Å². The van der Waals surface area contributed by atoms with E-state index >= 15 is 0 Å². The van der Waals surface area contributed by atoms with Gasteiger partial charge < -0.3 is 15.3 Å². The second-order valence-corrected chi connectivity index (χ2v) is 5.16. The normalized spacial score (nSPS) is 10.8. The largest absolute Gasteiger partial charge is 0.356 e. The first kappa shape index (κ1) is 12.0. The third-order valence-corrected chi connectivity index (χ3v) is 3.21. The lowest BCUT2D eigenvalue weighted by Crippen LogP contribution is -2.11. The number of nitrogens with one attached hydrogen (secondary N) is 3. The zero-order chi connectivity index (χ0) is 13.4. The van der Waals surface area contributed by atoms with Gasteiger partial charge in [-0.25, -0.2) is 4.98 Å². The van der Waals surface area contributed by atoms with Crippen molar-refractivity contribution in [3.05, 3.63) is 46.5 Å². The predicted molar refractivity (Wildman–Crippen MR) is 77.3 cm³/mol. The summed E-state index contributed by atoms with van der Waals surface area (Å²) in [7, 11) is 0. The van der Waals surface area contributed by atoms with Gasteiger partial charge in [0.2, 0.25) is 0 Å². The minimum atomic E-state index is -0.179.